The molecular formula is C8H16O. The second kappa shape index (κ2) is 3.21. The Kier molecular flexibility index (Phi) is 2.52. The van der Waals surface area contributed by atoms with Crippen molar-refractivity contribution in [3.05, 3.63) is 0 Å². The van der Waals surface area contributed by atoms with Crippen LogP contribution in [0.4, 0.5) is 0 Å². The summed E-state index contributed by atoms with van der Waals surface area (Å²) in [6.45, 7) is 2.17. The number of aliphatic hydroxyl groups is 1. The van der Waals surface area contributed by atoms with Crippen LogP contribution in [0, 0.1) is 5.92 Å². The molecule has 2 atom stereocenters. The third kappa shape index (κ3) is 1.68. The molecule has 1 heteroatoms. The fourth-order valence-corrected chi connectivity index (χ4v) is 1.66. The van der Waals surface area contributed by atoms with Crippen LogP contribution in [-0.4, -0.2) is 11.2 Å². The van der Waals surface area contributed by atoms with Gasteiger partial charge in [0.2, 0.25) is 0 Å². The molecule has 0 heterocycles. The third-order valence-electron chi connectivity index (χ3n) is 2.39. The second-order valence-electron chi connectivity index (χ2n) is 3.02. The third-order valence-corrected chi connectivity index (χ3v) is 2.39. The van der Waals surface area contributed by atoms with E-state index < -0.39 is 0 Å². The molecule has 1 fully saturated rings. The molecule has 0 aromatic carbocycles. The number of aliphatic hydroxyl groups excluding tert-OH is 1. The summed E-state index contributed by atoms with van der Waals surface area (Å²) in [7, 11) is 0. The van der Waals surface area contributed by atoms with Crippen LogP contribution in [0.5, 0.6) is 0 Å². The minimum atomic E-state index is 0.0174. The predicted octanol–water partition coefficient (Wildman–Crippen LogP) is 1.95. The van der Waals surface area contributed by atoms with Crippen molar-refractivity contribution in [2.45, 2.75) is 45.1 Å². The van der Waals surface area contributed by atoms with Crippen molar-refractivity contribution in [3.8, 4) is 0 Å². The molecule has 0 bridgehead atoms. The molecule has 1 aliphatic rings. The van der Waals surface area contributed by atoms with Gasteiger partial charge in [0.25, 0.3) is 0 Å². The number of hydrogen-bond acceptors (Lipinski definition) is 1. The van der Waals surface area contributed by atoms with Gasteiger partial charge >= 0.3 is 0 Å². The van der Waals surface area contributed by atoms with E-state index in [9.17, 15) is 5.11 Å². The summed E-state index contributed by atoms with van der Waals surface area (Å²) in [5.74, 6) is 0.610. The first kappa shape index (κ1) is 7.07. The highest BCUT2D eigenvalue weighted by molar-refractivity contribution is 4.72. The summed E-state index contributed by atoms with van der Waals surface area (Å²) in [6.07, 6.45) is 6.02. The van der Waals surface area contributed by atoms with Crippen molar-refractivity contribution in [3.63, 3.8) is 0 Å². The molecule has 9 heavy (non-hydrogen) atoms. The van der Waals surface area contributed by atoms with Crippen LogP contribution in [-0.2, 0) is 0 Å². The van der Waals surface area contributed by atoms with E-state index in [1.807, 2.05) is 0 Å². The van der Waals surface area contributed by atoms with E-state index in [0.29, 0.717) is 5.92 Å². The van der Waals surface area contributed by atoms with Crippen LogP contribution in [0.15, 0.2) is 0 Å². The molecule has 1 saturated carbocycles. The molecule has 0 spiro atoms. The van der Waals surface area contributed by atoms with Crippen LogP contribution in [0.2, 0.25) is 0 Å². The lowest BCUT2D eigenvalue weighted by atomic mass is 9.85. The lowest BCUT2D eigenvalue weighted by Gasteiger charge is -2.25. The molecule has 0 aromatic heterocycles. The highest BCUT2D eigenvalue weighted by Gasteiger charge is 2.20. The second-order valence-corrected chi connectivity index (χ2v) is 3.02. The van der Waals surface area contributed by atoms with E-state index in [-0.39, 0.29) is 6.10 Å². The van der Waals surface area contributed by atoms with Gasteiger partial charge in [-0.1, -0.05) is 26.2 Å². The van der Waals surface area contributed by atoms with E-state index in [1.54, 1.807) is 0 Å². The molecule has 0 amide bonds. The van der Waals surface area contributed by atoms with Crippen LogP contribution >= 0.6 is 0 Å². The van der Waals surface area contributed by atoms with Gasteiger partial charge in [0.05, 0.1) is 6.10 Å². The summed E-state index contributed by atoms with van der Waals surface area (Å²) < 4.78 is 0. The normalized spacial score (nSPS) is 36.7. The van der Waals surface area contributed by atoms with Crippen molar-refractivity contribution in [1.29, 1.82) is 0 Å². The van der Waals surface area contributed by atoms with E-state index >= 15 is 0 Å². The topological polar surface area (TPSA) is 20.2 Å². The Morgan fingerprint density at radius 1 is 1.33 bits per heavy atom. The minimum absolute atomic E-state index is 0.0174. The fourth-order valence-electron chi connectivity index (χ4n) is 1.66. The summed E-state index contributed by atoms with van der Waals surface area (Å²) in [4.78, 5) is 0. The van der Waals surface area contributed by atoms with Crippen molar-refractivity contribution in [1.82, 2.24) is 0 Å². The first-order valence-electron chi connectivity index (χ1n) is 4.02. The molecule has 1 N–H and O–H groups in total. The van der Waals surface area contributed by atoms with Gasteiger partial charge in [-0.25, -0.2) is 0 Å². The average molecular weight is 128 g/mol. The summed E-state index contributed by atoms with van der Waals surface area (Å²) in [6, 6.07) is 0. The Morgan fingerprint density at radius 3 is 2.44 bits per heavy atom. The van der Waals surface area contributed by atoms with Gasteiger partial charge in [-0.15, -0.1) is 0 Å². The van der Waals surface area contributed by atoms with Gasteiger partial charge in [0, 0.05) is 0 Å². The molecule has 54 valence electrons. The van der Waals surface area contributed by atoms with Gasteiger partial charge < -0.3 is 5.11 Å². The summed E-state index contributed by atoms with van der Waals surface area (Å²) in [5.41, 5.74) is 0. The van der Waals surface area contributed by atoms with E-state index in [2.05, 4.69) is 6.92 Å². The molecule has 0 radical (unpaired) electrons. The van der Waals surface area contributed by atoms with Crippen LogP contribution in [0.1, 0.15) is 39.0 Å². The maximum Gasteiger partial charge on any atom is 0.0568 e. The molecule has 1 aliphatic carbocycles. The van der Waals surface area contributed by atoms with Crippen LogP contribution in [0.25, 0.3) is 0 Å². The largest absolute Gasteiger partial charge is 0.393 e. The number of hydrogen-bond donors (Lipinski definition) is 1. The highest BCUT2D eigenvalue weighted by atomic mass is 16.3. The van der Waals surface area contributed by atoms with Crippen molar-refractivity contribution in [2.75, 3.05) is 0 Å². The summed E-state index contributed by atoms with van der Waals surface area (Å²) >= 11 is 0. The van der Waals surface area contributed by atoms with E-state index in [4.69, 9.17) is 0 Å². The quantitative estimate of drug-likeness (QED) is 0.572. The van der Waals surface area contributed by atoms with Gasteiger partial charge in [-0.3, -0.25) is 0 Å². The smallest absolute Gasteiger partial charge is 0.0568 e. The van der Waals surface area contributed by atoms with Crippen molar-refractivity contribution in [2.24, 2.45) is 5.92 Å². The van der Waals surface area contributed by atoms with Crippen LogP contribution in [0.3, 0.4) is 0 Å². The zero-order chi connectivity index (χ0) is 6.69. The maximum atomic E-state index is 9.37. The monoisotopic (exact) mass is 128 g/mol. The summed E-state index contributed by atoms with van der Waals surface area (Å²) in [5, 5.41) is 9.37. The lowest BCUT2D eigenvalue weighted by molar-refractivity contribution is 0.0680. The van der Waals surface area contributed by atoms with E-state index in [1.165, 1.54) is 19.3 Å². The Hall–Kier alpha value is -0.0400. The van der Waals surface area contributed by atoms with Gasteiger partial charge in [-0.05, 0) is 18.8 Å². The Morgan fingerprint density at radius 2 is 2.00 bits per heavy atom. The van der Waals surface area contributed by atoms with Gasteiger partial charge in [-0.2, -0.15) is 0 Å². The molecule has 1 unspecified atom stereocenters. The molecule has 0 saturated heterocycles. The van der Waals surface area contributed by atoms with Gasteiger partial charge in [0.15, 0.2) is 0 Å². The molecule has 0 aromatic rings. The predicted molar refractivity (Wildman–Crippen MR) is 38.3 cm³/mol. The molecular weight excluding hydrogens is 112 g/mol. The zero-order valence-electron chi connectivity index (χ0n) is 6.14. The molecule has 0 aliphatic heterocycles. The SMILES string of the molecule is CC[C@H]1CCCCC1O. The molecule has 1 nitrogen and oxygen atoms in total. The van der Waals surface area contributed by atoms with Crippen molar-refractivity contribution < 1.29 is 5.11 Å². The maximum absolute atomic E-state index is 9.37. The van der Waals surface area contributed by atoms with Crippen molar-refractivity contribution >= 4 is 0 Å². The first-order valence-corrected chi connectivity index (χ1v) is 4.02. The Balaban J connectivity index is 2.30. The lowest BCUT2D eigenvalue weighted by Crippen LogP contribution is -2.23. The van der Waals surface area contributed by atoms with Gasteiger partial charge in [0.1, 0.15) is 0 Å². The zero-order valence-corrected chi connectivity index (χ0v) is 6.14. The Bertz CT molecular complexity index is 80.6. The Labute approximate surface area is 57.1 Å². The highest BCUT2D eigenvalue weighted by Crippen LogP contribution is 2.26. The number of rotatable bonds is 1. The van der Waals surface area contributed by atoms with Crippen LogP contribution < -0.4 is 0 Å². The average Bonchev–Trinajstić information content (AvgIpc) is 1.89. The van der Waals surface area contributed by atoms with E-state index in [0.717, 1.165) is 12.8 Å². The minimum Gasteiger partial charge on any atom is -0.393 e. The first-order chi connectivity index (χ1) is 4.34. The molecule has 1 rings (SSSR count). The standard InChI is InChI=1S/C8H16O/c1-2-7-5-3-4-6-8(7)9/h7-9H,2-6H2,1H3/t7-,8?/m0/s1. The fraction of sp³-hybridized carbons (Fsp3) is 1.00.